The molecular formula is C19H18ClN3O6S3. The molecule has 3 heterocycles. The summed E-state index contributed by atoms with van der Waals surface area (Å²) in [6.45, 7) is 0. The predicted molar refractivity (Wildman–Crippen MR) is 120 cm³/mol. The van der Waals surface area contributed by atoms with E-state index in [1.165, 1.54) is 18.4 Å². The second-order valence-corrected chi connectivity index (χ2v) is 11.7. The SMILES string of the molecule is COC(=O)c1c(NC(=O)CS(=O)(=O)c2nnc(-c3ccc(Cl)s3)o2)sc2c1CCCCC2. The van der Waals surface area contributed by atoms with Gasteiger partial charge in [0.1, 0.15) is 10.8 Å². The molecule has 1 aliphatic carbocycles. The molecule has 3 aromatic heterocycles. The van der Waals surface area contributed by atoms with Crippen LogP contribution in [0.1, 0.15) is 40.1 Å². The molecule has 0 aliphatic heterocycles. The molecular weight excluding hydrogens is 498 g/mol. The Morgan fingerprint density at radius 3 is 2.69 bits per heavy atom. The van der Waals surface area contributed by atoms with E-state index in [1.807, 2.05) is 0 Å². The molecule has 0 atom stereocenters. The quantitative estimate of drug-likeness (QED) is 0.385. The van der Waals surface area contributed by atoms with Crippen LogP contribution in [0, 0.1) is 0 Å². The number of rotatable bonds is 6. The van der Waals surface area contributed by atoms with Gasteiger partial charge in [-0.25, -0.2) is 13.2 Å². The molecule has 0 saturated carbocycles. The lowest BCUT2D eigenvalue weighted by atomic mass is 10.1. The van der Waals surface area contributed by atoms with E-state index in [1.54, 1.807) is 12.1 Å². The molecule has 4 rings (SSSR count). The van der Waals surface area contributed by atoms with Crippen molar-refractivity contribution in [3.63, 3.8) is 0 Å². The maximum atomic E-state index is 12.6. The molecule has 32 heavy (non-hydrogen) atoms. The van der Waals surface area contributed by atoms with Gasteiger partial charge < -0.3 is 14.5 Å². The number of carbonyl (C=O) groups is 2. The van der Waals surface area contributed by atoms with Crippen LogP contribution in [0.25, 0.3) is 10.8 Å². The van der Waals surface area contributed by atoms with E-state index in [-0.39, 0.29) is 5.89 Å². The number of esters is 1. The lowest BCUT2D eigenvalue weighted by Crippen LogP contribution is -2.24. The molecule has 0 aromatic carbocycles. The van der Waals surface area contributed by atoms with E-state index >= 15 is 0 Å². The van der Waals surface area contributed by atoms with Crippen molar-refractivity contribution in [1.82, 2.24) is 10.2 Å². The fourth-order valence-corrected chi connectivity index (χ4v) is 6.58. The molecule has 0 saturated heterocycles. The molecule has 3 aromatic rings. The van der Waals surface area contributed by atoms with Crippen molar-refractivity contribution in [2.45, 2.75) is 37.3 Å². The third-order valence-electron chi connectivity index (χ3n) is 4.84. The Morgan fingerprint density at radius 2 is 1.97 bits per heavy atom. The fourth-order valence-electron chi connectivity index (χ4n) is 3.41. The van der Waals surface area contributed by atoms with E-state index in [2.05, 4.69) is 15.5 Å². The zero-order valence-electron chi connectivity index (χ0n) is 16.8. The van der Waals surface area contributed by atoms with Crippen molar-refractivity contribution < 1.29 is 27.2 Å². The summed E-state index contributed by atoms with van der Waals surface area (Å²) in [6, 6.07) is 3.24. The summed E-state index contributed by atoms with van der Waals surface area (Å²) in [5, 5.41) is 9.48. The van der Waals surface area contributed by atoms with Gasteiger partial charge in [-0.3, -0.25) is 4.79 Å². The first-order valence-corrected chi connectivity index (χ1v) is 13.3. The smallest absolute Gasteiger partial charge is 0.341 e. The molecule has 0 bridgehead atoms. The summed E-state index contributed by atoms with van der Waals surface area (Å²) in [5.41, 5.74) is 1.17. The predicted octanol–water partition coefficient (Wildman–Crippen LogP) is 3.98. The second kappa shape index (κ2) is 9.30. The highest BCUT2D eigenvalue weighted by Gasteiger charge is 2.30. The normalized spacial score (nSPS) is 13.9. The van der Waals surface area contributed by atoms with Gasteiger partial charge in [0.15, 0.2) is 0 Å². The third kappa shape index (κ3) is 4.72. The van der Waals surface area contributed by atoms with E-state index < -0.39 is 32.7 Å². The first-order valence-electron chi connectivity index (χ1n) is 9.63. The highest BCUT2D eigenvalue weighted by atomic mass is 35.5. The van der Waals surface area contributed by atoms with Gasteiger partial charge in [-0.15, -0.1) is 27.8 Å². The number of amides is 1. The molecule has 0 unspecified atom stereocenters. The number of methoxy groups -OCH3 is 1. The van der Waals surface area contributed by atoms with Gasteiger partial charge in [0.25, 0.3) is 5.89 Å². The van der Waals surface area contributed by atoms with E-state index in [0.29, 0.717) is 26.2 Å². The second-order valence-electron chi connectivity index (χ2n) is 7.04. The Bertz CT molecular complexity index is 1280. The number of anilines is 1. The van der Waals surface area contributed by atoms with Crippen molar-refractivity contribution in [3.05, 3.63) is 32.5 Å². The Labute approximate surface area is 196 Å². The van der Waals surface area contributed by atoms with Crippen molar-refractivity contribution in [1.29, 1.82) is 0 Å². The summed E-state index contributed by atoms with van der Waals surface area (Å²) in [6.07, 6.45) is 4.50. The van der Waals surface area contributed by atoms with Crippen LogP contribution in [-0.4, -0.2) is 43.4 Å². The first kappa shape index (κ1) is 22.9. The number of hydrogen-bond acceptors (Lipinski definition) is 10. The molecule has 0 radical (unpaired) electrons. The maximum absolute atomic E-state index is 12.6. The number of aromatic nitrogens is 2. The zero-order valence-corrected chi connectivity index (χ0v) is 20.0. The van der Waals surface area contributed by atoms with Crippen molar-refractivity contribution in [3.8, 4) is 10.8 Å². The number of hydrogen-bond donors (Lipinski definition) is 1. The van der Waals surface area contributed by atoms with Gasteiger partial charge in [0.05, 0.1) is 21.9 Å². The van der Waals surface area contributed by atoms with Gasteiger partial charge >= 0.3 is 11.2 Å². The molecule has 9 nitrogen and oxygen atoms in total. The lowest BCUT2D eigenvalue weighted by Gasteiger charge is -2.07. The van der Waals surface area contributed by atoms with Crippen LogP contribution in [0.15, 0.2) is 21.8 Å². The number of nitrogens with one attached hydrogen (secondary N) is 1. The molecule has 13 heteroatoms. The average molecular weight is 516 g/mol. The van der Waals surface area contributed by atoms with Crippen LogP contribution in [0.3, 0.4) is 0 Å². The zero-order chi connectivity index (χ0) is 22.9. The summed E-state index contributed by atoms with van der Waals surface area (Å²) in [5.74, 6) is -2.29. The number of aryl methyl sites for hydroxylation is 1. The summed E-state index contributed by atoms with van der Waals surface area (Å²) >= 11 is 8.31. The lowest BCUT2D eigenvalue weighted by molar-refractivity contribution is -0.113. The number of halogens is 1. The van der Waals surface area contributed by atoms with Gasteiger partial charge in [0.2, 0.25) is 15.7 Å². The number of ether oxygens (including phenoxy) is 1. The fraction of sp³-hybridized carbons (Fsp3) is 0.368. The standard InChI is InChI=1S/C19H18ClN3O6S3/c1-28-18(25)15-10-5-3-2-4-6-11(10)31-17(15)21-14(24)9-32(26,27)19-23-22-16(29-19)12-7-8-13(20)30-12/h7-8H,2-6,9H2,1H3,(H,21,24). The van der Waals surface area contributed by atoms with Gasteiger partial charge in [-0.05, 0) is 43.4 Å². The van der Waals surface area contributed by atoms with Crippen LogP contribution in [0.2, 0.25) is 4.34 Å². The highest BCUT2D eigenvalue weighted by molar-refractivity contribution is 7.91. The minimum Gasteiger partial charge on any atom is -0.465 e. The van der Waals surface area contributed by atoms with Crippen molar-refractivity contribution >= 4 is 61.0 Å². The van der Waals surface area contributed by atoms with Crippen molar-refractivity contribution in [2.75, 3.05) is 18.2 Å². The van der Waals surface area contributed by atoms with Gasteiger partial charge in [-0.2, -0.15) is 0 Å². The minimum absolute atomic E-state index is 0.00384. The van der Waals surface area contributed by atoms with E-state index in [4.69, 9.17) is 20.8 Å². The van der Waals surface area contributed by atoms with Crippen LogP contribution >= 0.6 is 34.3 Å². The molecule has 0 spiro atoms. The van der Waals surface area contributed by atoms with Crippen LogP contribution in [0.5, 0.6) is 0 Å². The number of nitrogens with zero attached hydrogens (tertiary/aromatic N) is 2. The van der Waals surface area contributed by atoms with Crippen molar-refractivity contribution in [2.24, 2.45) is 0 Å². The topological polar surface area (TPSA) is 128 Å². The molecule has 1 amide bonds. The average Bonchev–Trinajstić information content (AvgIpc) is 3.43. The largest absolute Gasteiger partial charge is 0.465 e. The summed E-state index contributed by atoms with van der Waals surface area (Å²) < 4.78 is 35.9. The van der Waals surface area contributed by atoms with Crippen LogP contribution in [0.4, 0.5) is 5.00 Å². The Balaban J connectivity index is 1.53. The summed E-state index contributed by atoms with van der Waals surface area (Å²) in [4.78, 5) is 26.5. The van der Waals surface area contributed by atoms with E-state index in [0.717, 1.165) is 47.5 Å². The van der Waals surface area contributed by atoms with E-state index in [9.17, 15) is 18.0 Å². The van der Waals surface area contributed by atoms with Crippen LogP contribution in [-0.2, 0) is 32.2 Å². The molecule has 1 N–H and O–H groups in total. The number of thiophene rings is 2. The number of carbonyl (C=O) groups excluding carboxylic acids is 2. The Morgan fingerprint density at radius 1 is 1.19 bits per heavy atom. The first-order chi connectivity index (χ1) is 15.3. The van der Waals surface area contributed by atoms with Gasteiger partial charge in [-0.1, -0.05) is 23.1 Å². The van der Waals surface area contributed by atoms with Gasteiger partial charge in [0, 0.05) is 4.88 Å². The number of fused-ring (bicyclic) bond motifs is 1. The maximum Gasteiger partial charge on any atom is 0.341 e. The third-order valence-corrected chi connectivity index (χ3v) is 8.61. The molecule has 170 valence electrons. The Kier molecular flexibility index (Phi) is 6.65. The Hall–Kier alpha value is -2.28. The van der Waals surface area contributed by atoms with Crippen LogP contribution < -0.4 is 5.32 Å². The molecule has 0 fully saturated rings. The number of sulfone groups is 1. The molecule has 1 aliphatic rings. The summed E-state index contributed by atoms with van der Waals surface area (Å²) in [7, 11) is -2.93. The minimum atomic E-state index is -4.20. The monoisotopic (exact) mass is 515 g/mol. The highest BCUT2D eigenvalue weighted by Crippen LogP contribution is 2.38.